The highest BCUT2D eigenvalue weighted by molar-refractivity contribution is 6.31. The largest absolute Gasteiger partial charge is 0.384 e. The summed E-state index contributed by atoms with van der Waals surface area (Å²) in [5.74, 6) is 0.269. The number of methoxy groups -OCH3 is 2. The summed E-state index contributed by atoms with van der Waals surface area (Å²) in [4.78, 5) is 0. The first-order valence-corrected chi connectivity index (χ1v) is 6.10. The van der Waals surface area contributed by atoms with Crippen LogP contribution < -0.4 is 5.32 Å². The van der Waals surface area contributed by atoms with Gasteiger partial charge in [0.15, 0.2) is 0 Å². The molecule has 1 aromatic rings. The van der Waals surface area contributed by atoms with E-state index in [-0.39, 0.29) is 5.92 Å². The summed E-state index contributed by atoms with van der Waals surface area (Å²) in [5, 5.41) is 4.13. The Balaban J connectivity index is 2.56. The zero-order valence-corrected chi connectivity index (χ0v) is 11.2. The summed E-state index contributed by atoms with van der Waals surface area (Å²) >= 11 is 6.19. The molecule has 0 aliphatic heterocycles. The molecular weight excluding hydrogens is 238 g/mol. The molecule has 0 bridgehead atoms. The number of halogens is 1. The topological polar surface area (TPSA) is 30.5 Å². The summed E-state index contributed by atoms with van der Waals surface area (Å²) in [5.41, 5.74) is 1.13. The molecule has 0 aliphatic rings. The van der Waals surface area contributed by atoms with E-state index in [2.05, 4.69) is 5.32 Å². The van der Waals surface area contributed by atoms with Crippen molar-refractivity contribution >= 4 is 11.6 Å². The lowest BCUT2D eigenvalue weighted by Gasteiger charge is -2.18. The number of ether oxygens (including phenoxy) is 2. The minimum atomic E-state index is 0.269. The lowest BCUT2D eigenvalue weighted by molar-refractivity contribution is 0.172. The maximum Gasteiger partial charge on any atom is 0.0587 e. The minimum absolute atomic E-state index is 0.269. The molecule has 17 heavy (non-hydrogen) atoms. The lowest BCUT2D eigenvalue weighted by Crippen LogP contribution is -2.27. The molecule has 0 aromatic heterocycles. The standard InChI is InChI=1S/C13H20ClNO2/c1-16-8-7-15-9-11(10-17-2)12-5-3-4-6-13(12)14/h3-6,11,15H,7-10H2,1-2H3. The third-order valence-corrected chi connectivity index (χ3v) is 2.93. The summed E-state index contributed by atoms with van der Waals surface area (Å²) in [6.45, 7) is 3.04. The number of hydrogen-bond donors (Lipinski definition) is 1. The highest BCUT2D eigenvalue weighted by Crippen LogP contribution is 2.24. The molecule has 0 saturated heterocycles. The molecule has 1 atom stereocenters. The van der Waals surface area contributed by atoms with Gasteiger partial charge in [-0.05, 0) is 11.6 Å². The van der Waals surface area contributed by atoms with Crippen LogP contribution in [0.4, 0.5) is 0 Å². The van der Waals surface area contributed by atoms with E-state index in [1.54, 1.807) is 14.2 Å². The van der Waals surface area contributed by atoms with Crippen LogP contribution in [-0.2, 0) is 9.47 Å². The summed E-state index contributed by atoms with van der Waals surface area (Å²) in [7, 11) is 3.40. The average Bonchev–Trinajstić information content (AvgIpc) is 2.34. The predicted octanol–water partition coefficient (Wildman–Crippen LogP) is 2.31. The summed E-state index contributed by atoms with van der Waals surface area (Å²) in [6.07, 6.45) is 0. The van der Waals surface area contributed by atoms with Crippen LogP contribution in [0.2, 0.25) is 5.02 Å². The molecule has 0 heterocycles. The maximum atomic E-state index is 6.19. The van der Waals surface area contributed by atoms with Crippen LogP contribution in [0.5, 0.6) is 0 Å². The van der Waals surface area contributed by atoms with E-state index < -0.39 is 0 Å². The fourth-order valence-electron chi connectivity index (χ4n) is 1.72. The van der Waals surface area contributed by atoms with Crippen LogP contribution in [0.1, 0.15) is 11.5 Å². The normalized spacial score (nSPS) is 12.6. The van der Waals surface area contributed by atoms with Gasteiger partial charge in [-0.25, -0.2) is 0 Å². The van der Waals surface area contributed by atoms with Gasteiger partial charge in [0.1, 0.15) is 0 Å². The summed E-state index contributed by atoms with van der Waals surface area (Å²) < 4.78 is 10.2. The first-order chi connectivity index (χ1) is 8.29. The van der Waals surface area contributed by atoms with E-state index in [9.17, 15) is 0 Å². The molecule has 0 aliphatic carbocycles. The van der Waals surface area contributed by atoms with Crippen molar-refractivity contribution in [3.63, 3.8) is 0 Å². The lowest BCUT2D eigenvalue weighted by atomic mass is 10.00. The third kappa shape index (κ3) is 5.04. The van der Waals surface area contributed by atoms with E-state index in [4.69, 9.17) is 21.1 Å². The minimum Gasteiger partial charge on any atom is -0.384 e. The second-order valence-electron chi connectivity index (χ2n) is 3.87. The van der Waals surface area contributed by atoms with Crippen LogP contribution in [-0.4, -0.2) is 40.5 Å². The Hall–Kier alpha value is -0.610. The molecule has 0 amide bonds. The van der Waals surface area contributed by atoms with Gasteiger partial charge in [-0.2, -0.15) is 0 Å². The number of hydrogen-bond acceptors (Lipinski definition) is 3. The molecule has 3 nitrogen and oxygen atoms in total. The summed E-state index contributed by atoms with van der Waals surface area (Å²) in [6, 6.07) is 7.89. The second kappa shape index (κ2) is 8.48. The van der Waals surface area contributed by atoms with Gasteiger partial charge in [-0.3, -0.25) is 0 Å². The monoisotopic (exact) mass is 257 g/mol. The Kier molecular flexibility index (Phi) is 7.21. The van der Waals surface area contributed by atoms with Crippen LogP contribution in [0.25, 0.3) is 0 Å². The quantitative estimate of drug-likeness (QED) is 0.725. The smallest absolute Gasteiger partial charge is 0.0587 e. The molecule has 1 rings (SSSR count). The predicted molar refractivity (Wildman–Crippen MR) is 70.8 cm³/mol. The van der Waals surface area contributed by atoms with Crippen LogP contribution in [0, 0.1) is 0 Å². The van der Waals surface area contributed by atoms with Gasteiger partial charge in [0, 0.05) is 38.2 Å². The van der Waals surface area contributed by atoms with Crippen molar-refractivity contribution in [3.05, 3.63) is 34.9 Å². The van der Waals surface area contributed by atoms with Crippen molar-refractivity contribution in [2.75, 3.05) is 40.5 Å². The number of rotatable bonds is 8. The van der Waals surface area contributed by atoms with E-state index in [1.807, 2.05) is 24.3 Å². The van der Waals surface area contributed by atoms with Gasteiger partial charge in [-0.1, -0.05) is 29.8 Å². The van der Waals surface area contributed by atoms with Crippen molar-refractivity contribution < 1.29 is 9.47 Å². The maximum absolute atomic E-state index is 6.19. The molecule has 4 heteroatoms. The van der Waals surface area contributed by atoms with E-state index in [0.717, 1.165) is 23.7 Å². The van der Waals surface area contributed by atoms with Crippen LogP contribution in [0.15, 0.2) is 24.3 Å². The van der Waals surface area contributed by atoms with E-state index in [1.165, 1.54) is 0 Å². The van der Waals surface area contributed by atoms with E-state index >= 15 is 0 Å². The van der Waals surface area contributed by atoms with Gasteiger partial charge < -0.3 is 14.8 Å². The zero-order valence-electron chi connectivity index (χ0n) is 10.4. The molecule has 0 saturated carbocycles. The second-order valence-corrected chi connectivity index (χ2v) is 4.28. The molecule has 96 valence electrons. The first kappa shape index (κ1) is 14.5. The Morgan fingerprint density at radius 2 is 2.00 bits per heavy atom. The molecule has 0 spiro atoms. The van der Waals surface area contributed by atoms with Crippen molar-refractivity contribution in [2.24, 2.45) is 0 Å². The van der Waals surface area contributed by atoms with Crippen molar-refractivity contribution in [1.82, 2.24) is 5.32 Å². The number of nitrogens with one attached hydrogen (secondary N) is 1. The molecule has 0 fully saturated rings. The van der Waals surface area contributed by atoms with Gasteiger partial charge in [0.05, 0.1) is 13.2 Å². The van der Waals surface area contributed by atoms with Gasteiger partial charge in [0.2, 0.25) is 0 Å². The Morgan fingerprint density at radius 3 is 2.65 bits per heavy atom. The molecular formula is C13H20ClNO2. The Morgan fingerprint density at radius 1 is 1.24 bits per heavy atom. The third-order valence-electron chi connectivity index (χ3n) is 2.59. The Bertz CT molecular complexity index is 320. The fraction of sp³-hybridized carbons (Fsp3) is 0.538. The van der Waals surface area contributed by atoms with Crippen molar-refractivity contribution in [3.8, 4) is 0 Å². The molecule has 0 radical (unpaired) electrons. The number of benzene rings is 1. The van der Waals surface area contributed by atoms with Crippen molar-refractivity contribution in [2.45, 2.75) is 5.92 Å². The zero-order chi connectivity index (χ0) is 12.5. The fourth-order valence-corrected chi connectivity index (χ4v) is 2.01. The van der Waals surface area contributed by atoms with Crippen LogP contribution >= 0.6 is 11.6 Å². The molecule has 1 N–H and O–H groups in total. The van der Waals surface area contributed by atoms with E-state index in [0.29, 0.717) is 13.2 Å². The highest BCUT2D eigenvalue weighted by Gasteiger charge is 2.13. The highest BCUT2D eigenvalue weighted by atomic mass is 35.5. The van der Waals surface area contributed by atoms with Gasteiger partial charge >= 0.3 is 0 Å². The van der Waals surface area contributed by atoms with Gasteiger partial charge in [0.25, 0.3) is 0 Å². The molecule has 1 aromatic carbocycles. The average molecular weight is 258 g/mol. The van der Waals surface area contributed by atoms with Crippen molar-refractivity contribution in [1.29, 1.82) is 0 Å². The Labute approximate surface area is 108 Å². The molecule has 1 unspecified atom stereocenters. The first-order valence-electron chi connectivity index (χ1n) is 5.72. The van der Waals surface area contributed by atoms with Gasteiger partial charge in [-0.15, -0.1) is 0 Å². The van der Waals surface area contributed by atoms with Crippen LogP contribution in [0.3, 0.4) is 0 Å². The SMILES string of the molecule is COCCNCC(COC)c1ccccc1Cl.